The second-order valence-corrected chi connectivity index (χ2v) is 15.4. The summed E-state index contributed by atoms with van der Waals surface area (Å²) in [5.41, 5.74) is 0.588. The summed E-state index contributed by atoms with van der Waals surface area (Å²) in [4.78, 5) is 27.1. The molecule has 9 N–H and O–H groups in total. The lowest BCUT2D eigenvalue weighted by Gasteiger charge is -2.21. The fourth-order valence-electron chi connectivity index (χ4n) is 5.45. The summed E-state index contributed by atoms with van der Waals surface area (Å²) in [5, 5.41) is 46.4. The summed E-state index contributed by atoms with van der Waals surface area (Å²) in [6.07, 6.45) is 2.41. The Hall–Kier alpha value is -5.83. The first kappa shape index (κ1) is 45.3. The van der Waals surface area contributed by atoms with Crippen LogP contribution in [0.2, 0.25) is 5.28 Å². The van der Waals surface area contributed by atoms with E-state index >= 15 is 0 Å². The number of aromatic nitrogens is 6. The maximum Gasteiger partial charge on any atom is 0.295 e. The van der Waals surface area contributed by atoms with Gasteiger partial charge in [0.1, 0.15) is 15.5 Å². The van der Waals surface area contributed by atoms with Gasteiger partial charge < -0.3 is 50.9 Å². The Balaban J connectivity index is 1.46. The van der Waals surface area contributed by atoms with Crippen LogP contribution in [0.4, 0.5) is 46.8 Å². The molecule has 5 aromatic rings. The zero-order chi connectivity index (χ0) is 43.5. The van der Waals surface area contributed by atoms with Gasteiger partial charge in [0.25, 0.3) is 20.2 Å². The van der Waals surface area contributed by atoms with Crippen molar-refractivity contribution in [2.24, 2.45) is 0 Å². The Labute approximate surface area is 348 Å². The molecule has 320 valence electrons. The molecule has 2 aromatic heterocycles. The third kappa shape index (κ3) is 12.4. The molecular weight excluding hydrogens is 850 g/mol. The molecule has 0 saturated carbocycles. The summed E-state index contributed by atoms with van der Waals surface area (Å²) < 4.78 is 75.9. The number of aliphatic hydroxyl groups is 4. The Bertz CT molecular complexity index is 2510. The predicted molar refractivity (Wildman–Crippen MR) is 222 cm³/mol. The Morgan fingerprint density at radius 3 is 1.37 bits per heavy atom. The predicted octanol–water partition coefficient (Wildman–Crippen LogP) is 2.20. The molecule has 0 saturated heterocycles. The van der Waals surface area contributed by atoms with E-state index in [2.05, 4.69) is 45.9 Å². The van der Waals surface area contributed by atoms with E-state index in [0.29, 0.717) is 11.4 Å². The molecule has 0 bridgehead atoms. The van der Waals surface area contributed by atoms with Gasteiger partial charge in [0.2, 0.25) is 35.0 Å². The summed E-state index contributed by atoms with van der Waals surface area (Å²) in [7, 11) is -8.28. The van der Waals surface area contributed by atoms with Gasteiger partial charge in [-0.15, -0.1) is 0 Å². The van der Waals surface area contributed by atoms with Gasteiger partial charge in [-0.05, 0) is 71.3 Å². The van der Waals surface area contributed by atoms with E-state index in [0.717, 1.165) is 12.1 Å². The largest absolute Gasteiger partial charge is 0.497 e. The van der Waals surface area contributed by atoms with E-state index in [1.165, 1.54) is 53.3 Å². The molecule has 22 nitrogen and oxygen atoms in total. The van der Waals surface area contributed by atoms with Crippen molar-refractivity contribution >= 4 is 90.8 Å². The number of nitrogens with one attached hydrogen (secondary N) is 3. The zero-order valence-corrected chi connectivity index (χ0v) is 34.0. The van der Waals surface area contributed by atoms with Crippen LogP contribution < -0.4 is 30.5 Å². The molecule has 0 unspecified atom stereocenters. The van der Waals surface area contributed by atoms with E-state index < -0.39 is 30.0 Å². The van der Waals surface area contributed by atoms with Crippen molar-refractivity contribution < 1.29 is 51.1 Å². The number of anilines is 8. The van der Waals surface area contributed by atoms with Crippen molar-refractivity contribution in [2.75, 3.05) is 85.5 Å². The number of nitrogens with zero attached hydrogens (tertiary/aromatic N) is 8. The fourth-order valence-corrected chi connectivity index (χ4v) is 7.02. The molecule has 0 spiro atoms. The molecule has 3 aromatic carbocycles. The van der Waals surface area contributed by atoms with Gasteiger partial charge in [0.05, 0.1) is 33.5 Å². The van der Waals surface area contributed by atoms with Crippen LogP contribution in [0.3, 0.4) is 0 Å². The van der Waals surface area contributed by atoms with Crippen molar-refractivity contribution in [2.45, 2.75) is 9.79 Å². The van der Waals surface area contributed by atoms with E-state index in [1.807, 2.05) is 0 Å². The lowest BCUT2D eigenvalue weighted by Crippen LogP contribution is -2.31. The number of rotatable bonds is 21. The number of hydrogen-bond donors (Lipinski definition) is 9. The third-order valence-corrected chi connectivity index (χ3v) is 10.1. The Morgan fingerprint density at radius 1 is 0.583 bits per heavy atom. The molecule has 2 heterocycles. The average Bonchev–Trinajstić information content (AvgIpc) is 3.19. The van der Waals surface area contributed by atoms with Crippen molar-refractivity contribution in [3.8, 4) is 5.75 Å². The smallest absolute Gasteiger partial charge is 0.295 e. The molecule has 0 fully saturated rings. The maximum absolute atomic E-state index is 12.6. The third-order valence-electron chi connectivity index (χ3n) is 8.15. The van der Waals surface area contributed by atoms with E-state index in [1.54, 1.807) is 24.3 Å². The normalized spacial score (nSPS) is 11.7. The van der Waals surface area contributed by atoms with E-state index in [9.17, 15) is 46.4 Å². The van der Waals surface area contributed by atoms with Crippen LogP contribution in [0.1, 0.15) is 11.1 Å². The fraction of sp³-hybridized carbons (Fsp3) is 0.257. The number of hydrogen-bond acceptors (Lipinski definition) is 20. The van der Waals surface area contributed by atoms with Gasteiger partial charge in [0, 0.05) is 43.2 Å². The van der Waals surface area contributed by atoms with Crippen LogP contribution in [0.5, 0.6) is 5.75 Å². The quantitative estimate of drug-likeness (QED) is 0.0377. The molecule has 0 radical (unpaired) electrons. The van der Waals surface area contributed by atoms with Crippen molar-refractivity contribution in [3.05, 3.63) is 77.1 Å². The highest BCUT2D eigenvalue weighted by Crippen LogP contribution is 2.29. The van der Waals surface area contributed by atoms with Gasteiger partial charge in [-0.3, -0.25) is 9.11 Å². The lowest BCUT2D eigenvalue weighted by atomic mass is 10.1. The topological polar surface area (TPSA) is 319 Å². The van der Waals surface area contributed by atoms with Gasteiger partial charge in [-0.2, -0.15) is 46.7 Å². The van der Waals surface area contributed by atoms with E-state index in [-0.39, 0.29) is 110 Å². The minimum Gasteiger partial charge on any atom is -0.497 e. The Morgan fingerprint density at radius 2 is 0.967 bits per heavy atom. The van der Waals surface area contributed by atoms with Crippen molar-refractivity contribution in [3.63, 3.8) is 0 Å². The molecule has 60 heavy (non-hydrogen) atoms. The molecule has 0 atom stereocenters. The first-order chi connectivity index (χ1) is 28.6. The SMILES string of the molecule is COc1ccc(Nc2nc(Nc3ccc(/C=C/c4ccc(Nc5nc(Cl)nc(N(CCO)CCO)n5)cc4S(=O)(=O)O)c(S(=O)(=O)O)c3)nc(N(CCO)CCO)n2)cc1. The van der Waals surface area contributed by atoms with Crippen LogP contribution >= 0.6 is 11.6 Å². The van der Waals surface area contributed by atoms with Gasteiger partial charge in [-0.25, -0.2) is 0 Å². The first-order valence-electron chi connectivity index (χ1n) is 17.6. The van der Waals surface area contributed by atoms with Crippen LogP contribution in [0.15, 0.2) is 70.5 Å². The lowest BCUT2D eigenvalue weighted by molar-refractivity contribution is 0.279. The minimum atomic E-state index is -4.91. The zero-order valence-electron chi connectivity index (χ0n) is 31.6. The molecule has 0 aliphatic carbocycles. The van der Waals surface area contributed by atoms with Crippen LogP contribution in [-0.2, 0) is 20.2 Å². The second-order valence-electron chi connectivity index (χ2n) is 12.3. The molecule has 0 aliphatic rings. The maximum atomic E-state index is 12.6. The highest BCUT2D eigenvalue weighted by atomic mass is 35.5. The summed E-state index contributed by atoms with van der Waals surface area (Å²) in [5.74, 6) is 0.502. The number of benzene rings is 3. The summed E-state index contributed by atoms with van der Waals surface area (Å²) >= 11 is 6.07. The first-order valence-corrected chi connectivity index (χ1v) is 20.9. The average molecular weight is 890 g/mol. The minimum absolute atomic E-state index is 0.0123. The standard InChI is InChI=1S/C35H40ClN11O11S2/c1-58-27-10-8-24(9-11-27)37-32-42-33(45-35(44-32)47(14-18-50)15-19-51)39-26-7-5-23(29(21-26)60(55,56)57)3-2-22-4-6-25(20-28(22)59(52,53)54)38-31-40-30(36)41-34(43-31)46(12-16-48)13-17-49/h2-11,20-21,48-51H,12-19H2,1H3,(H,52,53,54)(H,55,56,57)(H,38,40,41,43)(H2,37,39,42,44,45)/b3-2+. The molecule has 5 rings (SSSR count). The number of methoxy groups -OCH3 is 1. The van der Waals surface area contributed by atoms with Crippen LogP contribution in [0, 0.1) is 0 Å². The molecule has 25 heteroatoms. The van der Waals surface area contributed by atoms with Crippen LogP contribution in [-0.4, -0.2) is 136 Å². The van der Waals surface area contributed by atoms with Gasteiger partial charge in [0.15, 0.2) is 0 Å². The van der Waals surface area contributed by atoms with E-state index in [4.69, 9.17) is 16.3 Å². The van der Waals surface area contributed by atoms with Crippen LogP contribution in [0.25, 0.3) is 12.2 Å². The Kier molecular flexibility index (Phi) is 15.4. The monoisotopic (exact) mass is 889 g/mol. The van der Waals surface area contributed by atoms with Gasteiger partial charge in [-0.1, -0.05) is 24.3 Å². The molecule has 0 amide bonds. The molecule has 0 aliphatic heterocycles. The summed E-state index contributed by atoms with van der Waals surface area (Å²) in [6.45, 7) is -0.889. The van der Waals surface area contributed by atoms with Crippen molar-refractivity contribution in [1.82, 2.24) is 29.9 Å². The van der Waals surface area contributed by atoms with Crippen molar-refractivity contribution in [1.29, 1.82) is 0 Å². The molecular formula is C35H40ClN11O11S2. The highest BCUT2D eigenvalue weighted by Gasteiger charge is 2.20. The highest BCUT2D eigenvalue weighted by molar-refractivity contribution is 7.86. The number of ether oxygens (including phenoxy) is 1. The second kappa shape index (κ2) is 20.4. The summed E-state index contributed by atoms with van der Waals surface area (Å²) in [6, 6.07) is 14.4. The number of halogens is 1. The number of aliphatic hydroxyl groups excluding tert-OH is 4. The van der Waals surface area contributed by atoms with Gasteiger partial charge >= 0.3 is 0 Å².